The number of hydrogen-bond acceptors (Lipinski definition) is 3. The van der Waals surface area contributed by atoms with Crippen molar-refractivity contribution in [3.05, 3.63) is 0 Å². The Labute approximate surface area is 219 Å². The quantitative estimate of drug-likeness (QED) is 0.248. The summed E-state index contributed by atoms with van der Waals surface area (Å²) in [6.45, 7) is 38.3. The average molecular weight is 486 g/mol. The first-order chi connectivity index (χ1) is 15.5. The van der Waals surface area contributed by atoms with Crippen molar-refractivity contribution in [2.24, 2.45) is 16.2 Å². The minimum Gasteiger partial charge on any atom is -0.317 e. The van der Waals surface area contributed by atoms with Gasteiger partial charge in [0.05, 0.1) is 0 Å². The molecule has 1 N–H and O–H groups in total. The Hall–Kier alpha value is -0.120. The Morgan fingerprint density at radius 3 is 1.24 bits per heavy atom. The van der Waals surface area contributed by atoms with Crippen LogP contribution < -0.4 is 5.32 Å². The second-order valence-corrected chi connectivity index (χ2v) is 13.8. The van der Waals surface area contributed by atoms with Gasteiger partial charge in [0.2, 0.25) is 0 Å². The van der Waals surface area contributed by atoms with Crippen LogP contribution >= 0.6 is 0 Å². The molecule has 0 radical (unpaired) electrons. The van der Waals surface area contributed by atoms with Gasteiger partial charge in [-0.15, -0.1) is 0 Å². The first-order valence-corrected chi connectivity index (χ1v) is 14.6. The molecule has 0 fully saturated rings. The summed E-state index contributed by atoms with van der Waals surface area (Å²) >= 11 is 0. The van der Waals surface area contributed by atoms with Crippen LogP contribution in [-0.4, -0.2) is 62.7 Å². The highest BCUT2D eigenvalue weighted by Gasteiger charge is 2.12. The lowest BCUT2D eigenvalue weighted by Gasteiger charge is -2.26. The third-order valence-electron chi connectivity index (χ3n) is 5.59. The van der Waals surface area contributed by atoms with Crippen molar-refractivity contribution in [3.63, 3.8) is 0 Å². The molecule has 3 heteroatoms. The van der Waals surface area contributed by atoms with Crippen LogP contribution in [0.1, 0.15) is 135 Å². The van der Waals surface area contributed by atoms with Gasteiger partial charge in [0.1, 0.15) is 0 Å². The van der Waals surface area contributed by atoms with Crippen molar-refractivity contribution in [2.75, 3.05) is 52.9 Å². The fraction of sp³-hybridized carbons (Fsp3) is 1.00. The van der Waals surface area contributed by atoms with Gasteiger partial charge in [-0.2, -0.15) is 0 Å². The SMILES string of the molecule is CCCN(C)CCC(C)(C)C.CCCN(CCC)CCC(C)(C)C.CCCNCCC(C)(C)C. The van der Waals surface area contributed by atoms with E-state index in [0.717, 1.165) is 13.1 Å². The van der Waals surface area contributed by atoms with Crippen LogP contribution in [0.3, 0.4) is 0 Å². The molecule has 0 aromatic carbocycles. The molecule has 0 aliphatic carbocycles. The van der Waals surface area contributed by atoms with E-state index in [2.05, 4.69) is 112 Å². The Kier molecular flexibility index (Phi) is 25.0. The maximum atomic E-state index is 3.39. The van der Waals surface area contributed by atoms with Crippen molar-refractivity contribution >= 4 is 0 Å². The van der Waals surface area contributed by atoms with E-state index in [1.807, 2.05) is 0 Å². The lowest BCUT2D eigenvalue weighted by atomic mass is 9.92. The molecule has 34 heavy (non-hydrogen) atoms. The molecule has 0 heterocycles. The van der Waals surface area contributed by atoms with Gasteiger partial charge in [-0.25, -0.2) is 0 Å². The largest absolute Gasteiger partial charge is 0.317 e. The standard InChI is InChI=1S/C12H27N.C10H23N.C9H21N/c1-6-9-13(10-7-2)11-8-12(3,4)5;1-6-8-11(5)9-7-10(2,3)4;1-5-7-10-8-6-9(2,3)4/h6-11H2,1-5H3;6-9H2,1-5H3;10H,5-8H2,1-4H3. The first-order valence-electron chi connectivity index (χ1n) is 14.6. The van der Waals surface area contributed by atoms with Crippen LogP contribution in [0.25, 0.3) is 0 Å². The topological polar surface area (TPSA) is 18.5 Å². The van der Waals surface area contributed by atoms with Crippen LogP contribution in [-0.2, 0) is 0 Å². The third-order valence-corrected chi connectivity index (χ3v) is 5.59. The van der Waals surface area contributed by atoms with E-state index < -0.39 is 0 Å². The summed E-state index contributed by atoms with van der Waals surface area (Å²) in [6.07, 6.45) is 8.95. The summed E-state index contributed by atoms with van der Waals surface area (Å²) in [4.78, 5) is 5.00. The summed E-state index contributed by atoms with van der Waals surface area (Å²) in [5.41, 5.74) is 1.46. The molecule has 0 atom stereocenters. The smallest absolute Gasteiger partial charge is 0.00138 e. The average Bonchev–Trinajstić information content (AvgIpc) is 2.68. The van der Waals surface area contributed by atoms with E-state index in [-0.39, 0.29) is 0 Å². The predicted octanol–water partition coefficient (Wildman–Crippen LogP) is 8.73. The van der Waals surface area contributed by atoms with Crippen molar-refractivity contribution in [1.82, 2.24) is 15.1 Å². The highest BCUT2D eigenvalue weighted by Crippen LogP contribution is 2.19. The zero-order chi connectivity index (χ0) is 27.3. The summed E-state index contributed by atoms with van der Waals surface area (Å²) in [5, 5.41) is 3.39. The van der Waals surface area contributed by atoms with E-state index >= 15 is 0 Å². The van der Waals surface area contributed by atoms with Crippen molar-refractivity contribution in [1.29, 1.82) is 0 Å². The van der Waals surface area contributed by atoms with Crippen LogP contribution in [0.2, 0.25) is 0 Å². The minimum atomic E-state index is 0.486. The molecule has 0 aromatic rings. The first kappa shape index (κ1) is 38.4. The molecule has 3 nitrogen and oxygen atoms in total. The van der Waals surface area contributed by atoms with Gasteiger partial charge >= 0.3 is 0 Å². The van der Waals surface area contributed by atoms with Crippen molar-refractivity contribution < 1.29 is 0 Å². The Morgan fingerprint density at radius 2 is 0.882 bits per heavy atom. The zero-order valence-corrected chi connectivity index (χ0v) is 26.8. The molecule has 0 aliphatic heterocycles. The molecule has 210 valence electrons. The Balaban J connectivity index is -0.000000428. The fourth-order valence-corrected chi connectivity index (χ4v) is 3.25. The second-order valence-electron chi connectivity index (χ2n) is 13.8. The van der Waals surface area contributed by atoms with Crippen LogP contribution in [0.15, 0.2) is 0 Å². The Bertz CT molecular complexity index is 392. The number of nitrogens with one attached hydrogen (secondary N) is 1. The summed E-state index contributed by atoms with van der Waals surface area (Å²) in [7, 11) is 2.20. The molecule has 0 saturated heterocycles. The predicted molar refractivity (Wildman–Crippen MR) is 160 cm³/mol. The number of hydrogen-bond donors (Lipinski definition) is 1. The fourth-order valence-electron chi connectivity index (χ4n) is 3.25. The third kappa shape index (κ3) is 39.1. The van der Waals surface area contributed by atoms with Crippen molar-refractivity contribution in [2.45, 2.75) is 135 Å². The maximum Gasteiger partial charge on any atom is -0.00138 e. The van der Waals surface area contributed by atoms with Gasteiger partial charge in [0.25, 0.3) is 0 Å². The van der Waals surface area contributed by atoms with Crippen molar-refractivity contribution in [3.8, 4) is 0 Å². The molecule has 0 saturated carbocycles. The molecule has 0 aromatic heterocycles. The lowest BCUT2D eigenvalue weighted by molar-refractivity contribution is 0.228. The molecule has 0 spiro atoms. The van der Waals surface area contributed by atoms with Gasteiger partial charge < -0.3 is 15.1 Å². The van der Waals surface area contributed by atoms with E-state index in [1.165, 1.54) is 77.7 Å². The van der Waals surface area contributed by atoms with E-state index in [0.29, 0.717) is 16.2 Å². The molecule has 0 bridgehead atoms. The van der Waals surface area contributed by atoms with Gasteiger partial charge in [0, 0.05) is 0 Å². The van der Waals surface area contributed by atoms with E-state index in [1.54, 1.807) is 0 Å². The monoisotopic (exact) mass is 486 g/mol. The number of rotatable bonds is 14. The summed E-state index contributed by atoms with van der Waals surface area (Å²) in [5.74, 6) is 0. The molecule has 0 amide bonds. The summed E-state index contributed by atoms with van der Waals surface area (Å²) in [6, 6.07) is 0. The minimum absolute atomic E-state index is 0.486. The lowest BCUT2D eigenvalue weighted by Crippen LogP contribution is -2.29. The van der Waals surface area contributed by atoms with Gasteiger partial charge in [0.15, 0.2) is 0 Å². The molecule has 0 rings (SSSR count). The molecular weight excluding hydrogens is 414 g/mol. The zero-order valence-electron chi connectivity index (χ0n) is 26.8. The van der Waals surface area contributed by atoms with Crippen LogP contribution in [0.4, 0.5) is 0 Å². The molecule has 0 aliphatic rings. The van der Waals surface area contributed by atoms with E-state index in [4.69, 9.17) is 0 Å². The van der Waals surface area contributed by atoms with Crippen LogP contribution in [0, 0.1) is 16.2 Å². The second kappa shape index (κ2) is 22.1. The summed E-state index contributed by atoms with van der Waals surface area (Å²) < 4.78 is 0. The number of nitrogens with zero attached hydrogens (tertiary/aromatic N) is 2. The Morgan fingerprint density at radius 1 is 0.471 bits per heavy atom. The van der Waals surface area contributed by atoms with Gasteiger partial charge in [-0.1, -0.05) is 90.0 Å². The van der Waals surface area contributed by atoms with Crippen LogP contribution in [0.5, 0.6) is 0 Å². The normalized spacial score (nSPS) is 12.4. The van der Waals surface area contributed by atoms with E-state index in [9.17, 15) is 0 Å². The van der Waals surface area contributed by atoms with Gasteiger partial charge in [-0.05, 0) is 114 Å². The molecule has 0 unspecified atom stereocenters. The molecular formula is C31H71N3. The maximum absolute atomic E-state index is 3.39. The van der Waals surface area contributed by atoms with Gasteiger partial charge in [-0.3, -0.25) is 0 Å². The highest BCUT2D eigenvalue weighted by molar-refractivity contribution is 4.66. The highest BCUT2D eigenvalue weighted by atomic mass is 15.1.